The average molecular weight is 591 g/mol. The van der Waals surface area contributed by atoms with Crippen LogP contribution in [0, 0.1) is 11.3 Å². The first kappa shape index (κ1) is 27.6. The van der Waals surface area contributed by atoms with Crippen LogP contribution in [-0.4, -0.2) is 73.7 Å². The predicted molar refractivity (Wildman–Crippen MR) is 158 cm³/mol. The quantitative estimate of drug-likeness (QED) is 0.383. The highest BCUT2D eigenvalue weighted by Crippen LogP contribution is 2.47. The minimum atomic E-state index is -1.16. The van der Waals surface area contributed by atoms with Crippen molar-refractivity contribution >= 4 is 46.5 Å². The zero-order valence-electron chi connectivity index (χ0n) is 22.6. The Labute approximate surface area is 249 Å². The smallest absolute Gasteiger partial charge is 0.332 e. The van der Waals surface area contributed by atoms with Crippen LogP contribution in [0.5, 0.6) is 0 Å². The molecule has 2 atom stereocenters. The SMILES string of the molecule is CN1C(=O)N(c2cc(Cl)cc(Cl)c2)C(=O)C12CN(Cc1ccccc1N1CCOCC1)CC2c1ccc(C#N)cc1. The second-order valence-corrected chi connectivity index (χ2v) is 11.6. The molecule has 1 spiro atoms. The maximum atomic E-state index is 14.5. The van der Waals surface area contributed by atoms with Gasteiger partial charge in [-0.1, -0.05) is 53.5 Å². The molecule has 210 valence electrons. The van der Waals surface area contributed by atoms with Crippen molar-refractivity contribution in [1.29, 1.82) is 5.26 Å². The standard InChI is InChI=1S/C31H29Cl2N5O3/c1-35-30(40)38(26-15-24(32)14-25(33)16-26)29(39)31(35)20-36(19-27(31)22-8-6-21(17-34)7-9-22)18-23-4-2-3-5-28(23)37-10-12-41-13-11-37/h2-9,14-16,27H,10-13,18-20H2,1H3. The first-order valence-corrected chi connectivity index (χ1v) is 14.3. The van der Waals surface area contributed by atoms with E-state index in [-0.39, 0.29) is 11.8 Å². The molecule has 0 bridgehead atoms. The van der Waals surface area contributed by atoms with E-state index < -0.39 is 11.6 Å². The number of carbonyl (C=O) groups excluding carboxylic acids is 2. The summed E-state index contributed by atoms with van der Waals surface area (Å²) in [5.74, 6) is -0.645. The number of benzene rings is 3. The number of carbonyl (C=O) groups is 2. The summed E-state index contributed by atoms with van der Waals surface area (Å²) in [5.41, 5.74) is 2.93. The van der Waals surface area contributed by atoms with Gasteiger partial charge in [-0.15, -0.1) is 0 Å². The van der Waals surface area contributed by atoms with Crippen molar-refractivity contribution in [3.63, 3.8) is 0 Å². The molecule has 6 rings (SSSR count). The highest BCUT2D eigenvalue weighted by molar-refractivity contribution is 6.35. The molecule has 3 aliphatic heterocycles. The highest BCUT2D eigenvalue weighted by Gasteiger charge is 2.64. The van der Waals surface area contributed by atoms with Crippen LogP contribution < -0.4 is 9.80 Å². The number of anilines is 2. The number of likely N-dealkylation sites (N-methyl/N-ethyl adjacent to an activating group) is 1. The molecule has 3 amide bonds. The summed E-state index contributed by atoms with van der Waals surface area (Å²) in [5, 5.41) is 10.0. The average Bonchev–Trinajstić information content (AvgIpc) is 3.44. The third-order valence-electron chi connectivity index (χ3n) is 8.42. The Bertz CT molecular complexity index is 1520. The van der Waals surface area contributed by atoms with Crippen molar-refractivity contribution in [2.24, 2.45) is 0 Å². The van der Waals surface area contributed by atoms with Crippen molar-refractivity contribution in [3.8, 4) is 6.07 Å². The van der Waals surface area contributed by atoms with Crippen LogP contribution in [0.1, 0.15) is 22.6 Å². The normalized spacial score (nSPS) is 23.1. The van der Waals surface area contributed by atoms with Crippen molar-refractivity contribution in [3.05, 3.63) is 93.5 Å². The molecule has 0 saturated carbocycles. The van der Waals surface area contributed by atoms with Crippen LogP contribution in [0.15, 0.2) is 66.7 Å². The van der Waals surface area contributed by atoms with Crippen molar-refractivity contribution in [2.45, 2.75) is 18.0 Å². The number of urea groups is 1. The minimum Gasteiger partial charge on any atom is -0.378 e. The van der Waals surface area contributed by atoms with E-state index >= 15 is 0 Å². The van der Waals surface area contributed by atoms with E-state index in [9.17, 15) is 14.9 Å². The molecule has 41 heavy (non-hydrogen) atoms. The van der Waals surface area contributed by atoms with E-state index in [4.69, 9.17) is 27.9 Å². The van der Waals surface area contributed by atoms with Gasteiger partial charge in [-0.05, 0) is 47.5 Å². The molecule has 0 radical (unpaired) electrons. The second kappa shape index (κ2) is 11.0. The van der Waals surface area contributed by atoms with Gasteiger partial charge < -0.3 is 14.5 Å². The lowest BCUT2D eigenvalue weighted by atomic mass is 9.80. The number of hydrogen-bond acceptors (Lipinski definition) is 6. The van der Waals surface area contributed by atoms with Crippen molar-refractivity contribution < 1.29 is 14.3 Å². The van der Waals surface area contributed by atoms with Crippen LogP contribution in [0.4, 0.5) is 16.2 Å². The van der Waals surface area contributed by atoms with E-state index in [0.29, 0.717) is 54.1 Å². The van der Waals surface area contributed by atoms with Crippen LogP contribution in [-0.2, 0) is 16.1 Å². The Balaban J connectivity index is 1.39. The van der Waals surface area contributed by atoms with Gasteiger partial charge in [0.2, 0.25) is 0 Å². The molecule has 3 saturated heterocycles. The van der Waals surface area contributed by atoms with Gasteiger partial charge in [0, 0.05) is 61.4 Å². The number of likely N-dealkylation sites (tertiary alicyclic amines) is 1. The molecule has 8 nitrogen and oxygen atoms in total. The van der Waals surface area contributed by atoms with Gasteiger partial charge >= 0.3 is 6.03 Å². The number of imide groups is 1. The number of para-hydroxylation sites is 1. The maximum absolute atomic E-state index is 14.5. The molecular formula is C31H29Cl2N5O3. The molecule has 3 aliphatic rings. The van der Waals surface area contributed by atoms with Crippen LogP contribution in [0.3, 0.4) is 0 Å². The number of nitrogens with zero attached hydrogens (tertiary/aromatic N) is 5. The summed E-state index contributed by atoms with van der Waals surface area (Å²) in [6.07, 6.45) is 0. The summed E-state index contributed by atoms with van der Waals surface area (Å²) in [6.45, 7) is 4.53. The molecule has 10 heteroatoms. The third-order valence-corrected chi connectivity index (χ3v) is 8.85. The van der Waals surface area contributed by atoms with Gasteiger partial charge in [-0.3, -0.25) is 9.69 Å². The number of rotatable bonds is 5. The summed E-state index contributed by atoms with van der Waals surface area (Å²) >= 11 is 12.5. The Morgan fingerprint density at radius 3 is 2.37 bits per heavy atom. The zero-order valence-corrected chi connectivity index (χ0v) is 24.1. The third kappa shape index (κ3) is 4.83. The molecule has 3 fully saturated rings. The molecule has 0 N–H and O–H groups in total. The molecule has 3 heterocycles. The monoisotopic (exact) mass is 589 g/mol. The van der Waals surface area contributed by atoms with Crippen LogP contribution >= 0.6 is 23.2 Å². The fourth-order valence-electron chi connectivity index (χ4n) is 6.41. The first-order valence-electron chi connectivity index (χ1n) is 13.5. The fourth-order valence-corrected chi connectivity index (χ4v) is 6.93. The van der Waals surface area contributed by atoms with E-state index in [1.165, 1.54) is 4.90 Å². The molecule has 0 aliphatic carbocycles. The summed E-state index contributed by atoms with van der Waals surface area (Å²) in [6, 6.07) is 22.1. The van der Waals surface area contributed by atoms with Crippen LogP contribution in [0.25, 0.3) is 0 Å². The topological polar surface area (TPSA) is 80.1 Å². The number of ether oxygens (including phenoxy) is 1. The van der Waals surface area contributed by atoms with Crippen molar-refractivity contribution in [1.82, 2.24) is 9.80 Å². The Kier molecular flexibility index (Phi) is 7.39. The minimum absolute atomic E-state index is 0.318. The number of nitriles is 1. The van der Waals surface area contributed by atoms with Crippen molar-refractivity contribution in [2.75, 3.05) is 56.2 Å². The molecular weight excluding hydrogens is 561 g/mol. The lowest BCUT2D eigenvalue weighted by Gasteiger charge is -2.34. The van der Waals surface area contributed by atoms with Gasteiger partial charge in [0.05, 0.1) is 30.5 Å². The Morgan fingerprint density at radius 1 is 1.00 bits per heavy atom. The lowest BCUT2D eigenvalue weighted by molar-refractivity contribution is -0.124. The van der Waals surface area contributed by atoms with Gasteiger partial charge in [0.15, 0.2) is 0 Å². The highest BCUT2D eigenvalue weighted by atomic mass is 35.5. The zero-order chi connectivity index (χ0) is 28.7. The van der Waals surface area contributed by atoms with Gasteiger partial charge in [-0.2, -0.15) is 5.26 Å². The van der Waals surface area contributed by atoms with Gasteiger partial charge in [0.1, 0.15) is 5.54 Å². The molecule has 3 aromatic carbocycles. The number of morpholine rings is 1. The van der Waals surface area contributed by atoms with Crippen LogP contribution in [0.2, 0.25) is 10.0 Å². The largest absolute Gasteiger partial charge is 0.378 e. The molecule has 2 unspecified atom stereocenters. The van der Waals surface area contributed by atoms with E-state index in [1.807, 2.05) is 24.3 Å². The molecule has 3 aromatic rings. The van der Waals surface area contributed by atoms with Gasteiger partial charge in [-0.25, -0.2) is 9.69 Å². The maximum Gasteiger partial charge on any atom is 0.332 e. The van der Waals surface area contributed by atoms with E-state index in [2.05, 4.69) is 28.0 Å². The van der Waals surface area contributed by atoms with E-state index in [0.717, 1.165) is 29.9 Å². The first-order chi connectivity index (χ1) is 19.8. The summed E-state index contributed by atoms with van der Waals surface area (Å²) < 4.78 is 5.56. The predicted octanol–water partition coefficient (Wildman–Crippen LogP) is 5.14. The van der Waals surface area contributed by atoms with E-state index in [1.54, 1.807) is 42.3 Å². The lowest BCUT2D eigenvalue weighted by Crippen LogP contribution is -2.53. The Morgan fingerprint density at radius 2 is 1.68 bits per heavy atom. The molecule has 0 aromatic heterocycles. The van der Waals surface area contributed by atoms with Gasteiger partial charge in [0.25, 0.3) is 5.91 Å². The Hall–Kier alpha value is -3.61. The number of halogens is 2. The summed E-state index contributed by atoms with van der Waals surface area (Å²) in [7, 11) is 1.69. The summed E-state index contributed by atoms with van der Waals surface area (Å²) in [4.78, 5) is 35.6. The fraction of sp³-hybridized carbons (Fsp3) is 0.323. The second-order valence-electron chi connectivity index (χ2n) is 10.7. The number of hydrogen-bond donors (Lipinski definition) is 0. The number of amides is 3.